The smallest absolute Gasteiger partial charge is 0.268 e. The fourth-order valence-corrected chi connectivity index (χ4v) is 5.01. The molecule has 0 unspecified atom stereocenters. The standard InChI is InChI=1S/C23H22FNO2S/c24-18-13-11-17(12-14-18)20-21(28-15-16-7-3-1-4-8-16)23(27)25(22(20)26)19-9-5-2-6-10-19/h1,3-4,7-8,11-14,19H,2,5-6,9-10,15H2. The molecule has 0 N–H and O–H groups in total. The van der Waals surface area contributed by atoms with Gasteiger partial charge in [0.25, 0.3) is 11.8 Å². The molecule has 28 heavy (non-hydrogen) atoms. The van der Waals surface area contributed by atoms with E-state index in [1.54, 1.807) is 12.1 Å². The lowest BCUT2D eigenvalue weighted by Gasteiger charge is -2.29. The minimum absolute atomic E-state index is 0.0287. The molecule has 4 rings (SSSR count). The van der Waals surface area contributed by atoms with Gasteiger partial charge in [0.05, 0.1) is 10.5 Å². The molecule has 1 aliphatic carbocycles. The van der Waals surface area contributed by atoms with E-state index in [2.05, 4.69) is 0 Å². The molecule has 0 saturated heterocycles. The van der Waals surface area contributed by atoms with E-state index in [4.69, 9.17) is 0 Å². The SMILES string of the molecule is O=C1C(SCc2ccccc2)=C(c2ccc(F)cc2)C(=O)N1C1CCCCC1. The van der Waals surface area contributed by atoms with Crippen molar-refractivity contribution in [3.8, 4) is 0 Å². The van der Waals surface area contributed by atoms with E-state index in [0.717, 1.165) is 37.7 Å². The Labute approximate surface area is 168 Å². The predicted molar refractivity (Wildman–Crippen MR) is 110 cm³/mol. The molecule has 1 heterocycles. The molecule has 2 aromatic carbocycles. The first-order valence-electron chi connectivity index (χ1n) is 9.70. The second kappa shape index (κ2) is 8.31. The van der Waals surface area contributed by atoms with Gasteiger partial charge in [-0.25, -0.2) is 4.39 Å². The molecule has 0 aromatic heterocycles. The van der Waals surface area contributed by atoms with E-state index in [0.29, 0.717) is 21.8 Å². The second-order valence-corrected chi connectivity index (χ2v) is 8.24. The quantitative estimate of drug-likeness (QED) is 0.655. The number of nitrogens with zero attached hydrogens (tertiary/aromatic N) is 1. The van der Waals surface area contributed by atoms with Crippen LogP contribution in [0.3, 0.4) is 0 Å². The first-order valence-corrected chi connectivity index (χ1v) is 10.7. The molecule has 1 fully saturated rings. The maximum Gasteiger partial charge on any atom is 0.268 e. The molecule has 0 radical (unpaired) electrons. The van der Waals surface area contributed by atoms with Crippen molar-refractivity contribution in [3.63, 3.8) is 0 Å². The first-order chi connectivity index (χ1) is 13.6. The number of amides is 2. The van der Waals surface area contributed by atoms with Crippen LogP contribution in [-0.2, 0) is 15.3 Å². The van der Waals surface area contributed by atoms with E-state index < -0.39 is 0 Å². The number of thioether (sulfide) groups is 1. The molecular weight excluding hydrogens is 373 g/mol. The van der Waals surface area contributed by atoms with Crippen LogP contribution in [0.25, 0.3) is 5.57 Å². The second-order valence-electron chi connectivity index (χ2n) is 7.26. The average Bonchev–Trinajstić information content (AvgIpc) is 2.98. The summed E-state index contributed by atoms with van der Waals surface area (Å²) in [5, 5.41) is 0. The summed E-state index contributed by atoms with van der Waals surface area (Å²) in [6, 6.07) is 15.7. The largest absolute Gasteiger partial charge is 0.271 e. The van der Waals surface area contributed by atoms with Crippen LogP contribution in [0.2, 0.25) is 0 Å². The van der Waals surface area contributed by atoms with Crippen molar-refractivity contribution in [1.29, 1.82) is 0 Å². The number of hydrogen-bond donors (Lipinski definition) is 0. The Balaban J connectivity index is 1.67. The normalized spacial score (nSPS) is 18.2. The summed E-state index contributed by atoms with van der Waals surface area (Å²) < 4.78 is 13.4. The van der Waals surface area contributed by atoms with Gasteiger partial charge in [-0.1, -0.05) is 61.7 Å². The molecule has 2 amide bonds. The van der Waals surface area contributed by atoms with Gasteiger partial charge < -0.3 is 0 Å². The zero-order valence-electron chi connectivity index (χ0n) is 15.6. The van der Waals surface area contributed by atoms with Crippen molar-refractivity contribution in [1.82, 2.24) is 4.90 Å². The average molecular weight is 395 g/mol. The Morgan fingerprint density at radius 1 is 0.893 bits per heavy atom. The van der Waals surface area contributed by atoms with Crippen molar-refractivity contribution in [2.45, 2.75) is 43.9 Å². The number of halogens is 1. The lowest BCUT2D eigenvalue weighted by molar-refractivity contribution is -0.139. The maximum atomic E-state index is 13.4. The minimum Gasteiger partial charge on any atom is -0.271 e. The number of imide groups is 1. The highest BCUT2D eigenvalue weighted by molar-refractivity contribution is 8.03. The van der Waals surface area contributed by atoms with Crippen LogP contribution < -0.4 is 0 Å². The van der Waals surface area contributed by atoms with Gasteiger partial charge in [0.2, 0.25) is 0 Å². The molecule has 144 valence electrons. The molecule has 1 saturated carbocycles. The van der Waals surface area contributed by atoms with Gasteiger partial charge in [-0.3, -0.25) is 14.5 Å². The van der Waals surface area contributed by atoms with Gasteiger partial charge in [-0.2, -0.15) is 0 Å². The van der Waals surface area contributed by atoms with Crippen LogP contribution in [0.5, 0.6) is 0 Å². The molecule has 2 aliphatic rings. The summed E-state index contributed by atoms with van der Waals surface area (Å²) in [5.74, 6) is -0.182. The number of rotatable bonds is 5. The molecule has 0 bridgehead atoms. The van der Waals surface area contributed by atoms with Crippen molar-refractivity contribution in [2.75, 3.05) is 0 Å². The molecule has 0 atom stereocenters. The third kappa shape index (κ3) is 3.76. The molecular formula is C23H22FNO2S. The van der Waals surface area contributed by atoms with Crippen LogP contribution in [-0.4, -0.2) is 22.8 Å². The monoisotopic (exact) mass is 395 g/mol. The maximum absolute atomic E-state index is 13.4. The minimum atomic E-state index is -0.358. The van der Waals surface area contributed by atoms with E-state index >= 15 is 0 Å². The Bertz CT molecular complexity index is 902. The fraction of sp³-hybridized carbons (Fsp3) is 0.304. The van der Waals surface area contributed by atoms with Gasteiger partial charge in [-0.15, -0.1) is 11.8 Å². The van der Waals surface area contributed by atoms with E-state index in [1.807, 2.05) is 30.3 Å². The van der Waals surface area contributed by atoms with Crippen molar-refractivity contribution in [2.24, 2.45) is 0 Å². The lowest BCUT2D eigenvalue weighted by atomic mass is 9.94. The summed E-state index contributed by atoms with van der Waals surface area (Å²) in [7, 11) is 0. The van der Waals surface area contributed by atoms with Gasteiger partial charge in [0.15, 0.2) is 0 Å². The van der Waals surface area contributed by atoms with Crippen LogP contribution in [0.4, 0.5) is 4.39 Å². The van der Waals surface area contributed by atoms with Crippen LogP contribution in [0.1, 0.15) is 43.2 Å². The van der Waals surface area contributed by atoms with Gasteiger partial charge in [0, 0.05) is 11.8 Å². The van der Waals surface area contributed by atoms with Crippen LogP contribution in [0.15, 0.2) is 59.5 Å². The number of benzene rings is 2. The zero-order valence-corrected chi connectivity index (χ0v) is 16.4. The fourth-order valence-electron chi connectivity index (χ4n) is 3.93. The van der Waals surface area contributed by atoms with Crippen molar-refractivity contribution >= 4 is 29.1 Å². The Kier molecular flexibility index (Phi) is 5.62. The molecule has 1 aliphatic heterocycles. The molecule has 5 heteroatoms. The Morgan fingerprint density at radius 3 is 2.25 bits per heavy atom. The predicted octanol–water partition coefficient (Wildman–Crippen LogP) is 5.17. The summed E-state index contributed by atoms with van der Waals surface area (Å²) in [6.07, 6.45) is 4.97. The molecule has 0 spiro atoms. The van der Waals surface area contributed by atoms with Crippen LogP contribution in [0, 0.1) is 5.82 Å². The lowest BCUT2D eigenvalue weighted by Crippen LogP contribution is -2.42. The third-order valence-corrected chi connectivity index (χ3v) is 6.52. The summed E-state index contributed by atoms with van der Waals surface area (Å²) in [5.41, 5.74) is 2.11. The van der Waals surface area contributed by atoms with Crippen molar-refractivity contribution in [3.05, 3.63) is 76.4 Å². The number of carbonyl (C=O) groups excluding carboxylic acids is 2. The molecule has 3 nitrogen and oxygen atoms in total. The Morgan fingerprint density at radius 2 is 1.57 bits per heavy atom. The molecule has 2 aromatic rings. The van der Waals surface area contributed by atoms with E-state index in [-0.39, 0.29) is 23.7 Å². The highest BCUT2D eigenvalue weighted by atomic mass is 32.2. The highest BCUT2D eigenvalue weighted by Crippen LogP contribution is 2.40. The third-order valence-electron chi connectivity index (χ3n) is 5.37. The van der Waals surface area contributed by atoms with Crippen LogP contribution >= 0.6 is 11.8 Å². The summed E-state index contributed by atoms with van der Waals surface area (Å²) in [4.78, 5) is 28.4. The number of hydrogen-bond acceptors (Lipinski definition) is 3. The van der Waals surface area contributed by atoms with E-state index in [9.17, 15) is 14.0 Å². The number of carbonyl (C=O) groups is 2. The van der Waals surface area contributed by atoms with Gasteiger partial charge >= 0.3 is 0 Å². The first kappa shape index (κ1) is 18.9. The summed E-state index contributed by atoms with van der Waals surface area (Å²) >= 11 is 1.40. The zero-order chi connectivity index (χ0) is 19.5. The van der Waals surface area contributed by atoms with Gasteiger partial charge in [0.1, 0.15) is 5.82 Å². The van der Waals surface area contributed by atoms with E-state index in [1.165, 1.54) is 28.8 Å². The summed E-state index contributed by atoms with van der Waals surface area (Å²) in [6.45, 7) is 0. The highest BCUT2D eigenvalue weighted by Gasteiger charge is 2.42. The van der Waals surface area contributed by atoms with Crippen molar-refractivity contribution < 1.29 is 14.0 Å². The topological polar surface area (TPSA) is 37.4 Å². The van der Waals surface area contributed by atoms with Gasteiger partial charge in [-0.05, 0) is 36.1 Å². The Hall–Kier alpha value is -2.40.